The molecule has 0 radical (unpaired) electrons. The molecule has 1 aliphatic carbocycles. The summed E-state index contributed by atoms with van der Waals surface area (Å²) in [7, 11) is 0. The highest BCUT2D eigenvalue weighted by atomic mass is 16.5. The van der Waals surface area contributed by atoms with Crippen LogP contribution in [0.2, 0.25) is 0 Å². The Morgan fingerprint density at radius 2 is 1.94 bits per heavy atom. The molecule has 94 valence electrons. The Kier molecular flexibility index (Phi) is 4.06. The molecule has 0 heterocycles. The van der Waals surface area contributed by atoms with Gasteiger partial charge in [-0.25, -0.2) is 0 Å². The van der Waals surface area contributed by atoms with Gasteiger partial charge in [-0.3, -0.25) is 0 Å². The van der Waals surface area contributed by atoms with Gasteiger partial charge in [-0.15, -0.1) is 0 Å². The molecule has 0 spiro atoms. The van der Waals surface area contributed by atoms with Gasteiger partial charge in [-0.1, -0.05) is 26.0 Å². The lowest BCUT2D eigenvalue weighted by molar-refractivity contribution is 0.209. The van der Waals surface area contributed by atoms with Gasteiger partial charge in [-0.05, 0) is 49.3 Å². The van der Waals surface area contributed by atoms with Crippen molar-refractivity contribution in [3.05, 3.63) is 29.8 Å². The molecule has 2 nitrogen and oxygen atoms in total. The molecule has 0 amide bonds. The fraction of sp³-hybridized carbons (Fsp3) is 0.600. The largest absolute Gasteiger partial charge is 0.490 e. The van der Waals surface area contributed by atoms with Crippen LogP contribution < -0.4 is 10.5 Å². The van der Waals surface area contributed by atoms with Gasteiger partial charge in [0.1, 0.15) is 5.75 Å². The van der Waals surface area contributed by atoms with Crippen molar-refractivity contribution in [1.82, 2.24) is 0 Å². The summed E-state index contributed by atoms with van der Waals surface area (Å²) in [5.74, 6) is 1.43. The Morgan fingerprint density at radius 1 is 1.24 bits per heavy atom. The molecular weight excluding hydrogens is 210 g/mol. The molecular formula is C15H23NO. The summed E-state index contributed by atoms with van der Waals surface area (Å²) >= 11 is 0. The lowest BCUT2D eigenvalue weighted by Gasteiger charge is -2.18. The second-order valence-electron chi connectivity index (χ2n) is 5.37. The number of hydrogen-bond donors (Lipinski definition) is 1. The molecule has 0 saturated heterocycles. The number of rotatable bonds is 4. The van der Waals surface area contributed by atoms with E-state index in [2.05, 4.69) is 26.0 Å². The Bertz CT molecular complexity index is 356. The number of ether oxygens (including phenoxy) is 1. The first kappa shape index (κ1) is 12.4. The molecule has 2 N–H and O–H groups in total. The van der Waals surface area contributed by atoms with Crippen molar-refractivity contribution in [2.75, 3.05) is 0 Å². The lowest BCUT2D eigenvalue weighted by atomic mass is 9.97. The summed E-state index contributed by atoms with van der Waals surface area (Å²) in [4.78, 5) is 0. The normalized spacial score (nSPS) is 18.6. The molecule has 2 rings (SSSR count). The standard InChI is InChI=1S/C15H23NO/c1-11(2)15(16)12-6-5-9-14(10-12)17-13-7-3-4-8-13/h5-6,9-11,13,15H,3-4,7-8,16H2,1-2H3/t15-/m0/s1. The zero-order chi connectivity index (χ0) is 12.3. The highest BCUT2D eigenvalue weighted by Gasteiger charge is 2.17. The van der Waals surface area contributed by atoms with Crippen LogP contribution in [0.4, 0.5) is 0 Å². The van der Waals surface area contributed by atoms with Crippen LogP contribution in [-0.2, 0) is 0 Å². The van der Waals surface area contributed by atoms with E-state index in [9.17, 15) is 0 Å². The van der Waals surface area contributed by atoms with E-state index in [1.54, 1.807) is 0 Å². The predicted molar refractivity (Wildman–Crippen MR) is 71.1 cm³/mol. The smallest absolute Gasteiger partial charge is 0.120 e. The molecule has 1 fully saturated rings. The van der Waals surface area contributed by atoms with Crippen molar-refractivity contribution >= 4 is 0 Å². The Hall–Kier alpha value is -1.02. The van der Waals surface area contributed by atoms with Crippen LogP contribution in [0.15, 0.2) is 24.3 Å². The molecule has 0 bridgehead atoms. The quantitative estimate of drug-likeness (QED) is 0.861. The van der Waals surface area contributed by atoms with Crippen molar-refractivity contribution in [3.63, 3.8) is 0 Å². The second kappa shape index (κ2) is 5.54. The van der Waals surface area contributed by atoms with Crippen LogP contribution in [0.3, 0.4) is 0 Å². The number of nitrogens with two attached hydrogens (primary N) is 1. The molecule has 1 aromatic rings. The molecule has 1 aliphatic rings. The van der Waals surface area contributed by atoms with Gasteiger partial charge in [0.15, 0.2) is 0 Å². The van der Waals surface area contributed by atoms with Gasteiger partial charge in [0.2, 0.25) is 0 Å². The first-order chi connectivity index (χ1) is 8.16. The summed E-state index contributed by atoms with van der Waals surface area (Å²) in [6.45, 7) is 4.30. The third kappa shape index (κ3) is 3.22. The van der Waals surface area contributed by atoms with E-state index >= 15 is 0 Å². The molecule has 17 heavy (non-hydrogen) atoms. The van der Waals surface area contributed by atoms with E-state index in [4.69, 9.17) is 10.5 Å². The van der Waals surface area contributed by atoms with Crippen LogP contribution in [0, 0.1) is 5.92 Å². The van der Waals surface area contributed by atoms with Crippen LogP contribution in [0.5, 0.6) is 5.75 Å². The Labute approximate surface area is 104 Å². The van der Waals surface area contributed by atoms with Gasteiger partial charge in [-0.2, -0.15) is 0 Å². The second-order valence-corrected chi connectivity index (χ2v) is 5.37. The minimum absolute atomic E-state index is 0.0992. The highest BCUT2D eigenvalue weighted by Crippen LogP contribution is 2.27. The summed E-state index contributed by atoms with van der Waals surface area (Å²) in [6, 6.07) is 8.37. The van der Waals surface area contributed by atoms with Gasteiger partial charge in [0.25, 0.3) is 0 Å². The molecule has 2 heteroatoms. The Balaban J connectivity index is 2.05. The van der Waals surface area contributed by atoms with Crippen LogP contribution in [-0.4, -0.2) is 6.10 Å². The van der Waals surface area contributed by atoms with Crippen molar-refractivity contribution in [3.8, 4) is 5.75 Å². The molecule has 0 aliphatic heterocycles. The lowest BCUT2D eigenvalue weighted by Crippen LogP contribution is -2.17. The SMILES string of the molecule is CC(C)[C@H](N)c1cccc(OC2CCCC2)c1. The molecule has 0 unspecified atom stereocenters. The zero-order valence-corrected chi connectivity index (χ0v) is 10.9. The van der Waals surface area contributed by atoms with Gasteiger partial charge < -0.3 is 10.5 Å². The average Bonchev–Trinajstić information content (AvgIpc) is 2.81. The van der Waals surface area contributed by atoms with Crippen molar-refractivity contribution in [2.24, 2.45) is 11.7 Å². The fourth-order valence-electron chi connectivity index (χ4n) is 2.38. The summed E-state index contributed by atoms with van der Waals surface area (Å²) < 4.78 is 5.99. The minimum atomic E-state index is 0.0992. The maximum absolute atomic E-state index is 6.16. The first-order valence-corrected chi connectivity index (χ1v) is 6.69. The van der Waals surface area contributed by atoms with E-state index in [1.165, 1.54) is 31.2 Å². The first-order valence-electron chi connectivity index (χ1n) is 6.69. The average molecular weight is 233 g/mol. The summed E-state index contributed by atoms with van der Waals surface area (Å²) in [5, 5.41) is 0. The molecule has 1 aromatic carbocycles. The van der Waals surface area contributed by atoms with E-state index in [0.717, 1.165) is 5.75 Å². The van der Waals surface area contributed by atoms with Crippen molar-refractivity contribution < 1.29 is 4.74 Å². The molecule has 1 atom stereocenters. The summed E-state index contributed by atoms with van der Waals surface area (Å²) in [6.07, 6.45) is 5.41. The minimum Gasteiger partial charge on any atom is -0.490 e. The third-order valence-electron chi connectivity index (χ3n) is 3.57. The fourth-order valence-corrected chi connectivity index (χ4v) is 2.38. The van der Waals surface area contributed by atoms with Crippen molar-refractivity contribution in [1.29, 1.82) is 0 Å². The third-order valence-corrected chi connectivity index (χ3v) is 3.57. The van der Waals surface area contributed by atoms with Crippen LogP contribution >= 0.6 is 0 Å². The highest BCUT2D eigenvalue weighted by molar-refractivity contribution is 5.30. The van der Waals surface area contributed by atoms with Crippen LogP contribution in [0.25, 0.3) is 0 Å². The van der Waals surface area contributed by atoms with Gasteiger partial charge in [0, 0.05) is 6.04 Å². The Morgan fingerprint density at radius 3 is 2.59 bits per heavy atom. The van der Waals surface area contributed by atoms with E-state index < -0.39 is 0 Å². The summed E-state index contributed by atoms with van der Waals surface area (Å²) in [5.41, 5.74) is 7.34. The predicted octanol–water partition coefficient (Wildman–Crippen LogP) is 3.66. The van der Waals surface area contributed by atoms with E-state index in [-0.39, 0.29) is 6.04 Å². The van der Waals surface area contributed by atoms with Crippen LogP contribution in [0.1, 0.15) is 51.1 Å². The topological polar surface area (TPSA) is 35.2 Å². The maximum Gasteiger partial charge on any atom is 0.120 e. The number of benzene rings is 1. The van der Waals surface area contributed by atoms with Crippen molar-refractivity contribution in [2.45, 2.75) is 51.7 Å². The van der Waals surface area contributed by atoms with Gasteiger partial charge >= 0.3 is 0 Å². The number of hydrogen-bond acceptors (Lipinski definition) is 2. The molecule has 1 saturated carbocycles. The van der Waals surface area contributed by atoms with E-state index in [1.807, 2.05) is 12.1 Å². The monoisotopic (exact) mass is 233 g/mol. The van der Waals surface area contributed by atoms with E-state index in [0.29, 0.717) is 12.0 Å². The zero-order valence-electron chi connectivity index (χ0n) is 10.9. The molecule has 0 aromatic heterocycles. The van der Waals surface area contributed by atoms with Gasteiger partial charge in [0.05, 0.1) is 6.10 Å². The maximum atomic E-state index is 6.16.